The van der Waals surface area contributed by atoms with E-state index in [-0.39, 0.29) is 13.0 Å². The molecule has 2 amide bonds. The minimum absolute atomic E-state index is 0.0538. The minimum Gasteiger partial charge on any atom is -0.438 e. The van der Waals surface area contributed by atoms with E-state index in [1.165, 1.54) is 6.92 Å². The number of carbonyl (C=O) groups excluding carboxylic acids is 2. The first-order valence-corrected chi connectivity index (χ1v) is 6.04. The van der Waals surface area contributed by atoms with E-state index in [1.54, 1.807) is 35.6 Å². The zero-order chi connectivity index (χ0) is 16.1. The van der Waals surface area contributed by atoms with Gasteiger partial charge in [-0.3, -0.25) is 4.79 Å². The highest BCUT2D eigenvalue weighted by Gasteiger charge is 2.39. The molecule has 0 spiro atoms. The molecule has 0 saturated heterocycles. The molecule has 1 unspecified atom stereocenters. The van der Waals surface area contributed by atoms with Crippen LogP contribution < -0.4 is 11.1 Å². The normalized spacial score (nSPS) is 14.1. The molecule has 0 radical (unpaired) electrons. The van der Waals surface area contributed by atoms with Crippen molar-refractivity contribution in [2.75, 3.05) is 6.54 Å². The predicted molar refractivity (Wildman–Crippen MR) is 68.1 cm³/mol. The summed E-state index contributed by atoms with van der Waals surface area (Å²) in [5.41, 5.74) is 4.32. The lowest BCUT2D eigenvalue weighted by molar-refractivity contribution is -0.173. The quantitative estimate of drug-likeness (QED) is 0.873. The van der Waals surface area contributed by atoms with Crippen LogP contribution in [0.3, 0.4) is 0 Å². The number of alkyl halides is 3. The molecule has 0 bridgehead atoms. The zero-order valence-electron chi connectivity index (χ0n) is 11.2. The summed E-state index contributed by atoms with van der Waals surface area (Å²) < 4.78 is 41.3. The van der Waals surface area contributed by atoms with Crippen molar-refractivity contribution < 1.29 is 27.5 Å². The van der Waals surface area contributed by atoms with Crippen LogP contribution in [0.1, 0.15) is 18.9 Å². The van der Waals surface area contributed by atoms with E-state index >= 15 is 0 Å². The van der Waals surface area contributed by atoms with Crippen LogP contribution in [-0.2, 0) is 15.1 Å². The molecule has 0 aliphatic rings. The highest BCUT2D eigenvalue weighted by molar-refractivity contribution is 5.81. The van der Waals surface area contributed by atoms with E-state index in [2.05, 4.69) is 0 Å². The monoisotopic (exact) mass is 304 g/mol. The number of primary amides is 1. The van der Waals surface area contributed by atoms with Gasteiger partial charge in [0.1, 0.15) is 5.60 Å². The molecule has 1 aromatic rings. The number of nitrogens with one attached hydrogen (secondary N) is 1. The molecule has 5 nitrogen and oxygen atoms in total. The van der Waals surface area contributed by atoms with Gasteiger partial charge in [-0.2, -0.15) is 13.2 Å². The summed E-state index contributed by atoms with van der Waals surface area (Å²) in [5.74, 6) is -2.04. The summed E-state index contributed by atoms with van der Waals surface area (Å²) in [6.07, 6.45) is -6.06. The topological polar surface area (TPSA) is 81.4 Å². The Morgan fingerprint density at radius 1 is 1.24 bits per heavy atom. The van der Waals surface area contributed by atoms with Crippen molar-refractivity contribution in [1.82, 2.24) is 5.32 Å². The second kappa shape index (κ2) is 6.47. The summed E-state index contributed by atoms with van der Waals surface area (Å²) in [4.78, 5) is 21.7. The van der Waals surface area contributed by atoms with E-state index < -0.39 is 23.8 Å². The van der Waals surface area contributed by atoms with Crippen molar-refractivity contribution >= 4 is 12.0 Å². The third-order valence-corrected chi connectivity index (χ3v) is 2.86. The molecular weight excluding hydrogens is 289 g/mol. The van der Waals surface area contributed by atoms with Crippen LogP contribution >= 0.6 is 0 Å². The Kier molecular flexibility index (Phi) is 5.17. The van der Waals surface area contributed by atoms with Gasteiger partial charge < -0.3 is 15.8 Å². The Balaban J connectivity index is 2.76. The largest absolute Gasteiger partial charge is 0.471 e. The van der Waals surface area contributed by atoms with E-state index in [4.69, 9.17) is 10.5 Å². The number of rotatable bonds is 5. The number of amides is 2. The number of halogens is 3. The van der Waals surface area contributed by atoms with E-state index in [0.717, 1.165) is 0 Å². The molecular formula is C13H15F3N2O3. The van der Waals surface area contributed by atoms with E-state index in [9.17, 15) is 22.8 Å². The summed E-state index contributed by atoms with van der Waals surface area (Å²) >= 11 is 0. The van der Waals surface area contributed by atoms with Gasteiger partial charge in [0.05, 0.1) is 0 Å². The zero-order valence-corrected chi connectivity index (χ0v) is 11.2. The molecule has 0 aliphatic heterocycles. The third-order valence-electron chi connectivity index (χ3n) is 2.86. The lowest BCUT2D eigenvalue weighted by Gasteiger charge is -2.29. The number of hydrogen-bond acceptors (Lipinski definition) is 3. The highest BCUT2D eigenvalue weighted by atomic mass is 19.4. The standard InChI is InChI=1S/C13H15F3N2O3/c1-12(21-11(17)20,9-5-3-2-4-6-9)7-8-18-10(19)13(14,15)16/h2-6H,7-8H2,1H3,(H2,17,20)(H,18,19). The molecule has 1 rings (SSSR count). The van der Waals surface area contributed by atoms with Crippen LogP contribution in [0.15, 0.2) is 30.3 Å². The van der Waals surface area contributed by atoms with Crippen LogP contribution in [0.2, 0.25) is 0 Å². The summed E-state index contributed by atoms with van der Waals surface area (Å²) in [5, 5.41) is 1.73. The van der Waals surface area contributed by atoms with Crippen LogP contribution in [0, 0.1) is 0 Å². The Hall–Kier alpha value is -2.25. The van der Waals surface area contributed by atoms with Gasteiger partial charge in [0.2, 0.25) is 0 Å². The van der Waals surface area contributed by atoms with Crippen molar-refractivity contribution in [3.63, 3.8) is 0 Å². The van der Waals surface area contributed by atoms with Crippen molar-refractivity contribution in [2.24, 2.45) is 5.73 Å². The molecule has 0 aromatic heterocycles. The van der Waals surface area contributed by atoms with Gasteiger partial charge in [0.25, 0.3) is 0 Å². The summed E-state index contributed by atoms with van der Waals surface area (Å²) in [6.45, 7) is 1.18. The van der Waals surface area contributed by atoms with Gasteiger partial charge in [0, 0.05) is 13.0 Å². The number of carbonyl (C=O) groups is 2. The molecule has 1 atom stereocenters. The van der Waals surface area contributed by atoms with Crippen molar-refractivity contribution in [3.8, 4) is 0 Å². The van der Waals surface area contributed by atoms with Gasteiger partial charge in [-0.05, 0) is 12.5 Å². The Morgan fingerprint density at radius 2 is 1.81 bits per heavy atom. The molecule has 116 valence electrons. The summed E-state index contributed by atoms with van der Waals surface area (Å²) in [6, 6.07) is 8.40. The van der Waals surface area contributed by atoms with Gasteiger partial charge in [-0.1, -0.05) is 30.3 Å². The molecule has 0 saturated carbocycles. The maximum absolute atomic E-state index is 12.1. The second-order valence-corrected chi connectivity index (χ2v) is 4.52. The first-order valence-electron chi connectivity index (χ1n) is 6.04. The summed E-state index contributed by atoms with van der Waals surface area (Å²) in [7, 11) is 0. The lowest BCUT2D eigenvalue weighted by atomic mass is 9.92. The van der Waals surface area contributed by atoms with Gasteiger partial charge in [-0.15, -0.1) is 0 Å². The van der Waals surface area contributed by atoms with Gasteiger partial charge in [0.15, 0.2) is 0 Å². The molecule has 1 aromatic carbocycles. The smallest absolute Gasteiger partial charge is 0.438 e. The molecule has 0 fully saturated rings. The molecule has 21 heavy (non-hydrogen) atoms. The lowest BCUT2D eigenvalue weighted by Crippen LogP contribution is -2.41. The maximum atomic E-state index is 12.1. The Bertz CT molecular complexity index is 505. The maximum Gasteiger partial charge on any atom is 0.471 e. The second-order valence-electron chi connectivity index (χ2n) is 4.52. The first kappa shape index (κ1) is 16.8. The van der Waals surface area contributed by atoms with Crippen LogP contribution in [-0.4, -0.2) is 24.7 Å². The van der Waals surface area contributed by atoms with Crippen molar-refractivity contribution in [2.45, 2.75) is 25.1 Å². The first-order chi connectivity index (χ1) is 9.65. The third kappa shape index (κ3) is 4.97. The van der Waals surface area contributed by atoms with Gasteiger partial charge in [-0.25, -0.2) is 4.79 Å². The predicted octanol–water partition coefficient (Wildman–Crippen LogP) is 2.07. The molecule has 0 heterocycles. The Labute approximate surface area is 119 Å². The highest BCUT2D eigenvalue weighted by Crippen LogP contribution is 2.28. The molecule has 0 aliphatic carbocycles. The van der Waals surface area contributed by atoms with Crippen molar-refractivity contribution in [3.05, 3.63) is 35.9 Å². The molecule has 8 heteroatoms. The van der Waals surface area contributed by atoms with Crippen molar-refractivity contribution in [1.29, 1.82) is 0 Å². The van der Waals surface area contributed by atoms with Crippen LogP contribution in [0.5, 0.6) is 0 Å². The number of hydrogen-bond donors (Lipinski definition) is 2. The fraction of sp³-hybridized carbons (Fsp3) is 0.385. The van der Waals surface area contributed by atoms with Gasteiger partial charge >= 0.3 is 18.2 Å². The van der Waals surface area contributed by atoms with Crippen LogP contribution in [0.4, 0.5) is 18.0 Å². The average Bonchev–Trinajstić information content (AvgIpc) is 2.37. The average molecular weight is 304 g/mol. The Morgan fingerprint density at radius 3 is 2.29 bits per heavy atom. The SMILES string of the molecule is CC(CCNC(=O)C(F)(F)F)(OC(N)=O)c1ccccc1. The van der Waals surface area contributed by atoms with Crippen LogP contribution in [0.25, 0.3) is 0 Å². The fourth-order valence-corrected chi connectivity index (χ4v) is 1.78. The fourth-order valence-electron chi connectivity index (χ4n) is 1.78. The minimum atomic E-state index is -4.95. The number of benzene rings is 1. The number of ether oxygens (including phenoxy) is 1. The molecule has 3 N–H and O–H groups in total. The van der Waals surface area contributed by atoms with E-state index in [1.807, 2.05) is 0 Å². The number of nitrogens with two attached hydrogens (primary N) is 1. The van der Waals surface area contributed by atoms with E-state index in [0.29, 0.717) is 5.56 Å².